The zero-order valence-electron chi connectivity index (χ0n) is 12.9. The highest BCUT2D eigenvalue weighted by atomic mass is 14.7. The first kappa shape index (κ1) is 14.6. The molecule has 106 valence electrons. The quantitative estimate of drug-likeness (QED) is 0.857. The van der Waals surface area contributed by atoms with Gasteiger partial charge in [-0.25, -0.2) is 0 Å². The molecule has 19 heavy (non-hydrogen) atoms. The van der Waals surface area contributed by atoms with Crippen molar-refractivity contribution in [2.75, 3.05) is 0 Å². The van der Waals surface area contributed by atoms with E-state index in [0.29, 0.717) is 5.92 Å². The molecule has 0 bridgehead atoms. The summed E-state index contributed by atoms with van der Waals surface area (Å²) in [5.41, 5.74) is 8.11. The van der Waals surface area contributed by atoms with Crippen molar-refractivity contribution >= 4 is 0 Å². The Hall–Kier alpha value is -0.820. The van der Waals surface area contributed by atoms with E-state index in [4.69, 9.17) is 5.73 Å². The second-order valence-corrected chi connectivity index (χ2v) is 7.29. The van der Waals surface area contributed by atoms with E-state index in [1.165, 1.54) is 24.8 Å². The summed E-state index contributed by atoms with van der Waals surface area (Å²) in [6.45, 7) is 9.36. The highest BCUT2D eigenvalue weighted by Gasteiger charge is 2.37. The van der Waals surface area contributed by atoms with Crippen LogP contribution >= 0.6 is 0 Å². The Labute approximate surface area is 118 Å². The Bertz CT molecular complexity index is 385. The van der Waals surface area contributed by atoms with Gasteiger partial charge in [-0.15, -0.1) is 0 Å². The summed E-state index contributed by atoms with van der Waals surface area (Å²) in [6.07, 6.45) is 3.96. The minimum absolute atomic E-state index is 0.0582. The first-order chi connectivity index (χ1) is 8.91. The monoisotopic (exact) mass is 259 g/mol. The normalized spacial score (nSPS) is 30.1. The van der Waals surface area contributed by atoms with E-state index in [1.54, 1.807) is 0 Å². The summed E-state index contributed by atoms with van der Waals surface area (Å²) in [6, 6.07) is 11.0. The molecule has 0 aliphatic heterocycles. The third kappa shape index (κ3) is 3.20. The fourth-order valence-electron chi connectivity index (χ4n) is 3.95. The Morgan fingerprint density at radius 3 is 2.05 bits per heavy atom. The van der Waals surface area contributed by atoms with Crippen LogP contribution in [0.4, 0.5) is 0 Å². The van der Waals surface area contributed by atoms with Crippen molar-refractivity contribution in [3.05, 3.63) is 35.9 Å². The van der Waals surface area contributed by atoms with Crippen LogP contribution in [0.1, 0.15) is 52.5 Å². The fraction of sp³-hybridized carbons (Fsp3) is 0.667. The van der Waals surface area contributed by atoms with E-state index < -0.39 is 0 Å². The van der Waals surface area contributed by atoms with Crippen LogP contribution in [0, 0.1) is 17.8 Å². The summed E-state index contributed by atoms with van der Waals surface area (Å²) in [7, 11) is 0. The average Bonchev–Trinajstić information content (AvgIpc) is 2.37. The molecule has 1 fully saturated rings. The van der Waals surface area contributed by atoms with Gasteiger partial charge in [0.1, 0.15) is 0 Å². The summed E-state index contributed by atoms with van der Waals surface area (Å²) in [4.78, 5) is 0. The van der Waals surface area contributed by atoms with Gasteiger partial charge < -0.3 is 5.73 Å². The Morgan fingerprint density at radius 2 is 1.53 bits per heavy atom. The Balaban J connectivity index is 2.16. The molecule has 2 N–H and O–H groups in total. The predicted octanol–water partition coefficient (Wildman–Crippen LogP) is 4.36. The molecule has 1 aromatic rings. The molecule has 1 aromatic carbocycles. The van der Waals surface area contributed by atoms with Crippen molar-refractivity contribution < 1.29 is 0 Å². The molecule has 1 aliphatic carbocycles. The molecule has 3 atom stereocenters. The SMILES string of the molecule is CC1CC(C)CC(C(N)C(C)(C)c2ccccc2)C1. The summed E-state index contributed by atoms with van der Waals surface area (Å²) < 4.78 is 0. The average molecular weight is 259 g/mol. The van der Waals surface area contributed by atoms with Crippen molar-refractivity contribution in [2.24, 2.45) is 23.5 Å². The van der Waals surface area contributed by atoms with Crippen molar-refractivity contribution in [1.82, 2.24) is 0 Å². The van der Waals surface area contributed by atoms with Crippen LogP contribution < -0.4 is 5.73 Å². The van der Waals surface area contributed by atoms with Gasteiger partial charge in [-0.2, -0.15) is 0 Å². The van der Waals surface area contributed by atoms with Gasteiger partial charge in [-0.05, 0) is 42.6 Å². The van der Waals surface area contributed by atoms with Gasteiger partial charge in [-0.1, -0.05) is 58.0 Å². The molecule has 0 aromatic heterocycles. The molecule has 0 radical (unpaired) electrons. The maximum atomic E-state index is 6.68. The van der Waals surface area contributed by atoms with Gasteiger partial charge in [0.2, 0.25) is 0 Å². The minimum Gasteiger partial charge on any atom is -0.327 e. The number of hydrogen-bond donors (Lipinski definition) is 1. The van der Waals surface area contributed by atoms with Crippen LogP contribution in [-0.2, 0) is 5.41 Å². The minimum atomic E-state index is 0.0582. The van der Waals surface area contributed by atoms with Crippen molar-refractivity contribution in [3.8, 4) is 0 Å². The summed E-state index contributed by atoms with van der Waals surface area (Å²) in [5, 5.41) is 0. The Morgan fingerprint density at radius 1 is 1.00 bits per heavy atom. The molecule has 0 heterocycles. The number of rotatable bonds is 3. The standard InChI is InChI=1S/C18H29N/c1-13-10-14(2)12-15(11-13)17(19)18(3,4)16-8-6-5-7-9-16/h5-9,13-15,17H,10-12,19H2,1-4H3. The van der Waals surface area contributed by atoms with Crippen molar-refractivity contribution in [2.45, 2.75) is 58.4 Å². The highest BCUT2D eigenvalue weighted by Crippen LogP contribution is 2.39. The van der Waals surface area contributed by atoms with Crippen molar-refractivity contribution in [1.29, 1.82) is 0 Å². The molecule has 0 amide bonds. The van der Waals surface area contributed by atoms with Gasteiger partial charge in [0, 0.05) is 11.5 Å². The topological polar surface area (TPSA) is 26.0 Å². The van der Waals surface area contributed by atoms with Crippen LogP contribution in [0.5, 0.6) is 0 Å². The van der Waals surface area contributed by atoms with Crippen LogP contribution in [0.2, 0.25) is 0 Å². The number of benzene rings is 1. The van der Waals surface area contributed by atoms with Gasteiger partial charge in [0.05, 0.1) is 0 Å². The first-order valence-corrected chi connectivity index (χ1v) is 7.72. The van der Waals surface area contributed by atoms with E-state index >= 15 is 0 Å². The molecule has 0 spiro atoms. The van der Waals surface area contributed by atoms with Crippen molar-refractivity contribution in [3.63, 3.8) is 0 Å². The van der Waals surface area contributed by atoms with Crippen LogP contribution in [0.3, 0.4) is 0 Å². The zero-order chi connectivity index (χ0) is 14.0. The van der Waals surface area contributed by atoms with Crippen LogP contribution in [0.15, 0.2) is 30.3 Å². The lowest BCUT2D eigenvalue weighted by Gasteiger charge is -2.42. The maximum Gasteiger partial charge on any atom is 0.0160 e. The molecule has 1 saturated carbocycles. The third-order valence-electron chi connectivity index (χ3n) is 5.07. The zero-order valence-corrected chi connectivity index (χ0v) is 12.9. The first-order valence-electron chi connectivity index (χ1n) is 7.72. The second-order valence-electron chi connectivity index (χ2n) is 7.29. The van der Waals surface area contributed by atoms with E-state index in [1.807, 2.05) is 0 Å². The third-order valence-corrected chi connectivity index (χ3v) is 5.07. The number of nitrogens with two attached hydrogens (primary N) is 1. The fourth-order valence-corrected chi connectivity index (χ4v) is 3.95. The van der Waals surface area contributed by atoms with Crippen LogP contribution in [0.25, 0.3) is 0 Å². The lowest BCUT2D eigenvalue weighted by Crippen LogP contribution is -2.48. The largest absolute Gasteiger partial charge is 0.327 e. The predicted molar refractivity (Wildman–Crippen MR) is 83.1 cm³/mol. The maximum absolute atomic E-state index is 6.68. The Kier molecular flexibility index (Phi) is 4.35. The van der Waals surface area contributed by atoms with Gasteiger partial charge >= 0.3 is 0 Å². The smallest absolute Gasteiger partial charge is 0.0160 e. The second kappa shape index (κ2) is 5.66. The molecule has 1 aliphatic rings. The summed E-state index contributed by atoms with van der Waals surface area (Å²) in [5.74, 6) is 2.31. The van der Waals surface area contributed by atoms with E-state index in [2.05, 4.69) is 58.0 Å². The molecular weight excluding hydrogens is 230 g/mol. The molecule has 1 heteroatoms. The summed E-state index contributed by atoms with van der Waals surface area (Å²) >= 11 is 0. The molecular formula is C18H29N. The molecule has 3 unspecified atom stereocenters. The van der Waals surface area contributed by atoms with E-state index in [-0.39, 0.29) is 11.5 Å². The van der Waals surface area contributed by atoms with Crippen LogP contribution in [-0.4, -0.2) is 6.04 Å². The van der Waals surface area contributed by atoms with Gasteiger partial charge in [0.25, 0.3) is 0 Å². The van der Waals surface area contributed by atoms with Gasteiger partial charge in [-0.3, -0.25) is 0 Å². The lowest BCUT2D eigenvalue weighted by atomic mass is 9.65. The molecule has 1 nitrogen and oxygen atoms in total. The van der Waals surface area contributed by atoms with E-state index in [9.17, 15) is 0 Å². The van der Waals surface area contributed by atoms with E-state index in [0.717, 1.165) is 11.8 Å². The molecule has 2 rings (SSSR count). The molecule has 0 saturated heterocycles. The van der Waals surface area contributed by atoms with Gasteiger partial charge in [0.15, 0.2) is 0 Å². The highest BCUT2D eigenvalue weighted by molar-refractivity contribution is 5.26. The lowest BCUT2D eigenvalue weighted by molar-refractivity contribution is 0.160. The number of hydrogen-bond acceptors (Lipinski definition) is 1.